The maximum atomic E-state index is 11.5. The zero-order valence-electron chi connectivity index (χ0n) is 16.5. The Morgan fingerprint density at radius 1 is 0.731 bits per heavy atom. The van der Waals surface area contributed by atoms with Crippen LogP contribution in [0.25, 0.3) is 0 Å². The normalized spacial score (nSPS) is 10.7. The number of ether oxygens (including phenoxy) is 5. The van der Waals surface area contributed by atoms with Crippen molar-refractivity contribution in [3.8, 4) is 0 Å². The highest BCUT2D eigenvalue weighted by Crippen LogP contribution is 2.08. The van der Waals surface area contributed by atoms with Gasteiger partial charge in [0.05, 0.1) is 45.9 Å². The summed E-state index contributed by atoms with van der Waals surface area (Å²) >= 11 is 0. The molecule has 154 valence electrons. The predicted octanol–water partition coefficient (Wildman–Crippen LogP) is 3.88. The largest absolute Gasteiger partial charge is 0.499 e. The number of unbranched alkanes of at least 4 members (excludes halogenated alkanes) is 6. The van der Waals surface area contributed by atoms with Crippen molar-refractivity contribution in [1.82, 2.24) is 0 Å². The molecule has 0 bridgehead atoms. The van der Waals surface area contributed by atoms with Crippen LogP contribution in [0.5, 0.6) is 0 Å². The lowest BCUT2D eigenvalue weighted by molar-refractivity contribution is -0.145. The molecule has 0 N–H and O–H groups in total. The molecule has 0 aliphatic heterocycles. The SMILES string of the molecule is C=COCCOCCOCCOCCOC(=O)CCCCCCCCC. The van der Waals surface area contributed by atoms with Gasteiger partial charge < -0.3 is 23.7 Å². The third-order valence-corrected chi connectivity index (χ3v) is 3.68. The van der Waals surface area contributed by atoms with Crippen LogP contribution in [-0.2, 0) is 28.5 Å². The molecule has 0 spiro atoms. The third kappa shape index (κ3) is 20.9. The first-order valence-electron chi connectivity index (χ1n) is 9.92. The molecule has 0 atom stereocenters. The van der Waals surface area contributed by atoms with Gasteiger partial charge in [-0.05, 0) is 6.42 Å². The summed E-state index contributed by atoms with van der Waals surface area (Å²) in [4.78, 5) is 11.5. The highest BCUT2D eigenvalue weighted by molar-refractivity contribution is 5.69. The molecule has 0 aromatic carbocycles. The predicted molar refractivity (Wildman–Crippen MR) is 102 cm³/mol. The molecule has 0 fully saturated rings. The molecule has 6 nitrogen and oxygen atoms in total. The van der Waals surface area contributed by atoms with E-state index in [0.29, 0.717) is 59.3 Å². The van der Waals surface area contributed by atoms with E-state index in [-0.39, 0.29) is 5.97 Å². The van der Waals surface area contributed by atoms with Crippen LogP contribution in [0.3, 0.4) is 0 Å². The van der Waals surface area contributed by atoms with E-state index in [4.69, 9.17) is 23.7 Å². The Kier molecular flexibility index (Phi) is 21.0. The van der Waals surface area contributed by atoms with Crippen LogP contribution in [0.15, 0.2) is 12.8 Å². The molecular formula is C20H38O6. The first-order valence-corrected chi connectivity index (χ1v) is 9.92. The number of carbonyl (C=O) groups excluding carboxylic acids is 1. The summed E-state index contributed by atoms with van der Waals surface area (Å²) in [5.74, 6) is -0.129. The summed E-state index contributed by atoms with van der Waals surface area (Å²) < 4.78 is 26.0. The minimum atomic E-state index is -0.129. The topological polar surface area (TPSA) is 63.2 Å². The Labute approximate surface area is 159 Å². The molecule has 0 aliphatic carbocycles. The van der Waals surface area contributed by atoms with E-state index >= 15 is 0 Å². The van der Waals surface area contributed by atoms with Gasteiger partial charge in [0.2, 0.25) is 0 Å². The van der Waals surface area contributed by atoms with Gasteiger partial charge in [0.15, 0.2) is 0 Å². The third-order valence-electron chi connectivity index (χ3n) is 3.68. The molecule has 0 rings (SSSR count). The van der Waals surface area contributed by atoms with Crippen LogP contribution in [0.1, 0.15) is 58.3 Å². The van der Waals surface area contributed by atoms with E-state index in [2.05, 4.69) is 13.5 Å². The van der Waals surface area contributed by atoms with Gasteiger partial charge in [-0.25, -0.2) is 0 Å². The van der Waals surface area contributed by atoms with Crippen LogP contribution in [0, 0.1) is 0 Å². The number of carbonyl (C=O) groups is 1. The average Bonchev–Trinajstić information content (AvgIpc) is 2.64. The first-order chi connectivity index (χ1) is 12.8. The minimum Gasteiger partial charge on any atom is -0.499 e. The van der Waals surface area contributed by atoms with Crippen molar-refractivity contribution in [1.29, 1.82) is 0 Å². The van der Waals surface area contributed by atoms with Crippen molar-refractivity contribution in [2.45, 2.75) is 58.3 Å². The Morgan fingerprint density at radius 3 is 1.81 bits per heavy atom. The lowest BCUT2D eigenvalue weighted by Crippen LogP contribution is -2.14. The van der Waals surface area contributed by atoms with Crippen molar-refractivity contribution < 1.29 is 28.5 Å². The Bertz CT molecular complexity index is 309. The van der Waals surface area contributed by atoms with Gasteiger partial charge >= 0.3 is 5.97 Å². The molecule has 0 saturated carbocycles. The average molecular weight is 375 g/mol. The van der Waals surface area contributed by atoms with Gasteiger partial charge in [-0.2, -0.15) is 0 Å². The van der Waals surface area contributed by atoms with Gasteiger partial charge in [-0.1, -0.05) is 52.0 Å². The van der Waals surface area contributed by atoms with E-state index in [1.807, 2.05) is 0 Å². The Balaban J connectivity index is 3.13. The smallest absolute Gasteiger partial charge is 0.305 e. The van der Waals surface area contributed by atoms with Crippen molar-refractivity contribution in [2.24, 2.45) is 0 Å². The highest BCUT2D eigenvalue weighted by atomic mass is 16.6. The second-order valence-corrected chi connectivity index (χ2v) is 5.97. The van der Waals surface area contributed by atoms with Crippen LogP contribution in [0.4, 0.5) is 0 Å². The van der Waals surface area contributed by atoms with Gasteiger partial charge in [-0.15, -0.1) is 0 Å². The molecule has 0 amide bonds. The van der Waals surface area contributed by atoms with Gasteiger partial charge in [-0.3, -0.25) is 4.79 Å². The van der Waals surface area contributed by atoms with Gasteiger partial charge in [0.25, 0.3) is 0 Å². The van der Waals surface area contributed by atoms with Crippen molar-refractivity contribution in [2.75, 3.05) is 52.9 Å². The van der Waals surface area contributed by atoms with Gasteiger partial charge in [0.1, 0.15) is 13.2 Å². The molecular weight excluding hydrogens is 336 g/mol. The van der Waals surface area contributed by atoms with Crippen LogP contribution in [0.2, 0.25) is 0 Å². The summed E-state index contributed by atoms with van der Waals surface area (Å²) in [5.41, 5.74) is 0. The fourth-order valence-electron chi connectivity index (χ4n) is 2.25. The maximum absolute atomic E-state index is 11.5. The zero-order valence-corrected chi connectivity index (χ0v) is 16.5. The lowest BCUT2D eigenvalue weighted by Gasteiger charge is -2.07. The standard InChI is InChI=1S/C20H38O6/c1-3-5-6-7-8-9-10-11-20(21)26-19-18-25-17-16-24-15-14-23-13-12-22-4-2/h4H,2-3,5-19H2,1H3. The van der Waals surface area contributed by atoms with E-state index in [1.165, 1.54) is 38.4 Å². The zero-order chi connectivity index (χ0) is 19.1. The molecule has 6 heteroatoms. The molecule has 0 heterocycles. The number of hydrogen-bond acceptors (Lipinski definition) is 6. The van der Waals surface area contributed by atoms with Crippen molar-refractivity contribution >= 4 is 5.97 Å². The molecule has 0 aromatic heterocycles. The Morgan fingerprint density at radius 2 is 1.23 bits per heavy atom. The Hall–Kier alpha value is -1.11. The number of esters is 1. The van der Waals surface area contributed by atoms with E-state index in [1.54, 1.807) is 0 Å². The molecule has 26 heavy (non-hydrogen) atoms. The van der Waals surface area contributed by atoms with Crippen molar-refractivity contribution in [3.05, 3.63) is 12.8 Å². The summed E-state index contributed by atoms with van der Waals surface area (Å²) in [6.07, 6.45) is 10.3. The molecule has 0 radical (unpaired) electrons. The van der Waals surface area contributed by atoms with Crippen molar-refractivity contribution in [3.63, 3.8) is 0 Å². The molecule has 0 aliphatic rings. The summed E-state index contributed by atoms with van der Waals surface area (Å²) in [5, 5.41) is 0. The second-order valence-electron chi connectivity index (χ2n) is 5.97. The highest BCUT2D eigenvalue weighted by Gasteiger charge is 2.02. The van der Waals surface area contributed by atoms with E-state index in [9.17, 15) is 4.79 Å². The van der Waals surface area contributed by atoms with Crippen LogP contribution in [-0.4, -0.2) is 58.8 Å². The molecule has 0 aromatic rings. The summed E-state index contributed by atoms with van der Waals surface area (Å²) in [6, 6.07) is 0. The monoisotopic (exact) mass is 374 g/mol. The van der Waals surface area contributed by atoms with Crippen LogP contribution < -0.4 is 0 Å². The van der Waals surface area contributed by atoms with Crippen LogP contribution >= 0.6 is 0 Å². The second kappa shape index (κ2) is 21.9. The number of hydrogen-bond donors (Lipinski definition) is 0. The van der Waals surface area contributed by atoms with Gasteiger partial charge in [0, 0.05) is 6.42 Å². The van der Waals surface area contributed by atoms with E-state index < -0.39 is 0 Å². The fraction of sp³-hybridized carbons (Fsp3) is 0.850. The fourth-order valence-corrected chi connectivity index (χ4v) is 2.25. The molecule has 0 unspecified atom stereocenters. The summed E-state index contributed by atoms with van der Waals surface area (Å²) in [6.45, 7) is 9.42. The molecule has 0 saturated heterocycles. The maximum Gasteiger partial charge on any atom is 0.305 e. The summed E-state index contributed by atoms with van der Waals surface area (Å²) in [7, 11) is 0. The minimum absolute atomic E-state index is 0.129. The lowest BCUT2D eigenvalue weighted by atomic mass is 10.1. The van der Waals surface area contributed by atoms with E-state index in [0.717, 1.165) is 12.8 Å². The first kappa shape index (κ1) is 24.9. The number of rotatable bonds is 21. The quantitative estimate of drug-likeness (QED) is 0.173.